The molecule has 1 aromatic rings. The van der Waals surface area contributed by atoms with Crippen LogP contribution in [0.5, 0.6) is 0 Å². The maximum atomic E-state index is 12.1. The fraction of sp³-hybridized carbons (Fsp3) is 0.533. The van der Waals surface area contributed by atoms with Gasteiger partial charge in [-0.3, -0.25) is 4.98 Å². The van der Waals surface area contributed by atoms with E-state index in [2.05, 4.69) is 9.72 Å². The molecule has 2 rings (SSSR count). The van der Waals surface area contributed by atoms with E-state index < -0.39 is 18.0 Å². The molecule has 0 radical (unpaired) electrons. The van der Waals surface area contributed by atoms with Gasteiger partial charge in [0.2, 0.25) is 6.10 Å². The molecule has 0 saturated heterocycles. The van der Waals surface area contributed by atoms with Gasteiger partial charge < -0.3 is 14.2 Å². The van der Waals surface area contributed by atoms with Crippen LogP contribution in [0.4, 0.5) is 0 Å². The highest BCUT2D eigenvalue weighted by molar-refractivity contribution is 5.92. The van der Waals surface area contributed by atoms with Crippen molar-refractivity contribution in [2.45, 2.75) is 31.8 Å². The Morgan fingerprint density at radius 2 is 2.05 bits per heavy atom. The van der Waals surface area contributed by atoms with Crippen LogP contribution in [0, 0.1) is 6.92 Å². The van der Waals surface area contributed by atoms with Crippen molar-refractivity contribution in [3.8, 4) is 0 Å². The smallest absolute Gasteiger partial charge is 0.349 e. The predicted octanol–water partition coefficient (Wildman–Crippen LogP) is 1.61. The summed E-state index contributed by atoms with van der Waals surface area (Å²) in [5.41, 5.74) is 1.96. The van der Waals surface area contributed by atoms with Crippen LogP contribution < -0.4 is 0 Å². The zero-order valence-electron chi connectivity index (χ0n) is 12.4. The summed E-state index contributed by atoms with van der Waals surface area (Å²) in [7, 11) is 2.65. The Bertz CT molecular complexity index is 539. The van der Waals surface area contributed by atoms with Gasteiger partial charge in [0, 0.05) is 18.7 Å². The van der Waals surface area contributed by atoms with Crippen LogP contribution in [0.25, 0.3) is 0 Å². The summed E-state index contributed by atoms with van der Waals surface area (Å²) in [5, 5.41) is 0. The van der Waals surface area contributed by atoms with E-state index in [0.29, 0.717) is 17.2 Å². The van der Waals surface area contributed by atoms with Gasteiger partial charge in [-0.2, -0.15) is 0 Å². The van der Waals surface area contributed by atoms with Crippen molar-refractivity contribution in [3.63, 3.8) is 0 Å². The minimum Gasteiger partial charge on any atom is -0.466 e. The van der Waals surface area contributed by atoms with E-state index in [1.54, 1.807) is 13.0 Å². The lowest BCUT2D eigenvalue weighted by molar-refractivity contribution is -0.153. The summed E-state index contributed by atoms with van der Waals surface area (Å²) < 4.78 is 14.6. The normalized spacial score (nSPS) is 15.4. The third-order valence-corrected chi connectivity index (χ3v) is 3.35. The third kappa shape index (κ3) is 3.78. The number of pyridine rings is 1. The number of hydrogen-bond acceptors (Lipinski definition) is 6. The second-order valence-corrected chi connectivity index (χ2v) is 5.02. The van der Waals surface area contributed by atoms with Gasteiger partial charge in [0.25, 0.3) is 0 Å². The molecule has 6 nitrogen and oxygen atoms in total. The third-order valence-electron chi connectivity index (χ3n) is 3.35. The summed E-state index contributed by atoms with van der Waals surface area (Å²) >= 11 is 0. The van der Waals surface area contributed by atoms with Crippen LogP contribution >= 0.6 is 0 Å². The molecule has 1 aromatic heterocycles. The monoisotopic (exact) mass is 293 g/mol. The van der Waals surface area contributed by atoms with Crippen molar-refractivity contribution in [2.24, 2.45) is 0 Å². The number of hydrogen-bond donors (Lipinski definition) is 0. The zero-order chi connectivity index (χ0) is 15.4. The first-order valence-corrected chi connectivity index (χ1v) is 6.82. The van der Waals surface area contributed by atoms with Crippen LogP contribution in [0.15, 0.2) is 12.1 Å². The van der Waals surface area contributed by atoms with Gasteiger partial charge in [-0.05, 0) is 31.9 Å². The Hall–Kier alpha value is -1.95. The van der Waals surface area contributed by atoms with E-state index in [4.69, 9.17) is 9.47 Å². The molecule has 0 spiro atoms. The number of methoxy groups -OCH3 is 2. The molecule has 0 amide bonds. The molecule has 114 valence electrons. The predicted molar refractivity (Wildman–Crippen MR) is 74.0 cm³/mol. The van der Waals surface area contributed by atoms with Gasteiger partial charge >= 0.3 is 11.9 Å². The molecular weight excluding hydrogens is 274 g/mol. The molecule has 6 heteroatoms. The Morgan fingerprint density at radius 1 is 1.33 bits per heavy atom. The number of esters is 2. The van der Waals surface area contributed by atoms with Crippen LogP contribution in [0.1, 0.15) is 40.5 Å². The molecule has 0 aromatic carbocycles. The fourth-order valence-corrected chi connectivity index (χ4v) is 2.03. The molecule has 1 unspecified atom stereocenters. The summed E-state index contributed by atoms with van der Waals surface area (Å²) in [6.45, 7) is 1.71. The molecule has 0 N–H and O–H groups in total. The van der Waals surface area contributed by atoms with Gasteiger partial charge in [0.05, 0.1) is 25.0 Å². The van der Waals surface area contributed by atoms with E-state index in [1.807, 2.05) is 6.07 Å². The highest BCUT2D eigenvalue weighted by Gasteiger charge is 2.28. The maximum Gasteiger partial charge on any atom is 0.349 e. The number of carbonyl (C=O) groups excluding carboxylic acids is 2. The average Bonchev–Trinajstić information content (AvgIpc) is 3.30. The second-order valence-electron chi connectivity index (χ2n) is 5.02. The maximum absolute atomic E-state index is 12.1. The Morgan fingerprint density at radius 3 is 2.57 bits per heavy atom. The number of aromatic nitrogens is 1. The van der Waals surface area contributed by atoms with Gasteiger partial charge in [0.1, 0.15) is 0 Å². The summed E-state index contributed by atoms with van der Waals surface area (Å²) in [5.74, 6) is -0.731. The summed E-state index contributed by atoms with van der Waals surface area (Å²) in [4.78, 5) is 28.1. The lowest BCUT2D eigenvalue weighted by Crippen LogP contribution is -2.32. The molecule has 1 aliphatic rings. The summed E-state index contributed by atoms with van der Waals surface area (Å²) in [6, 6.07) is 3.53. The van der Waals surface area contributed by atoms with Crippen LogP contribution in [0.2, 0.25) is 0 Å². The van der Waals surface area contributed by atoms with E-state index in [-0.39, 0.29) is 6.61 Å². The van der Waals surface area contributed by atoms with Crippen molar-refractivity contribution >= 4 is 11.9 Å². The molecule has 0 bridgehead atoms. The lowest BCUT2D eigenvalue weighted by Gasteiger charge is -2.15. The number of rotatable bonds is 6. The standard InChI is InChI=1S/C15H19NO5/c1-9-11(6-7-12(16-9)10-4-5-10)14(17)21-13(8-19-2)15(18)20-3/h6-7,10,13H,4-5,8H2,1-3H3. The van der Waals surface area contributed by atoms with Crippen LogP contribution in [0.3, 0.4) is 0 Å². The van der Waals surface area contributed by atoms with Crippen LogP contribution in [-0.4, -0.2) is 43.9 Å². The number of nitrogens with zero attached hydrogens (tertiary/aromatic N) is 1. The van der Waals surface area contributed by atoms with Gasteiger partial charge in [0.15, 0.2) is 0 Å². The van der Waals surface area contributed by atoms with Crippen LogP contribution in [-0.2, 0) is 19.0 Å². The highest BCUT2D eigenvalue weighted by Crippen LogP contribution is 2.39. The average molecular weight is 293 g/mol. The first kappa shape index (κ1) is 15.4. The van der Waals surface area contributed by atoms with Gasteiger partial charge in [-0.15, -0.1) is 0 Å². The largest absolute Gasteiger partial charge is 0.466 e. The van der Waals surface area contributed by atoms with Crippen molar-refractivity contribution in [1.82, 2.24) is 4.98 Å². The number of aryl methyl sites for hydroxylation is 1. The Labute approximate surface area is 123 Å². The Kier molecular flexibility index (Phi) is 4.90. The van der Waals surface area contributed by atoms with Crippen molar-refractivity contribution in [3.05, 3.63) is 29.1 Å². The van der Waals surface area contributed by atoms with Crippen molar-refractivity contribution in [1.29, 1.82) is 0 Å². The van der Waals surface area contributed by atoms with E-state index in [0.717, 1.165) is 18.5 Å². The molecule has 21 heavy (non-hydrogen) atoms. The van der Waals surface area contributed by atoms with Gasteiger partial charge in [-0.25, -0.2) is 9.59 Å². The molecular formula is C15H19NO5. The highest BCUT2D eigenvalue weighted by atomic mass is 16.6. The second kappa shape index (κ2) is 6.67. The first-order valence-electron chi connectivity index (χ1n) is 6.82. The number of carbonyl (C=O) groups is 2. The molecule has 0 aliphatic heterocycles. The van der Waals surface area contributed by atoms with E-state index >= 15 is 0 Å². The topological polar surface area (TPSA) is 74.7 Å². The molecule has 1 aliphatic carbocycles. The van der Waals surface area contributed by atoms with Crippen molar-refractivity contribution in [2.75, 3.05) is 20.8 Å². The minimum absolute atomic E-state index is 0.0505. The quantitative estimate of drug-likeness (QED) is 0.742. The van der Waals surface area contributed by atoms with Gasteiger partial charge in [-0.1, -0.05) is 0 Å². The minimum atomic E-state index is -1.07. The zero-order valence-corrected chi connectivity index (χ0v) is 12.4. The number of ether oxygens (including phenoxy) is 3. The molecule has 1 heterocycles. The molecule has 1 fully saturated rings. The molecule has 1 atom stereocenters. The Balaban J connectivity index is 2.09. The van der Waals surface area contributed by atoms with E-state index in [9.17, 15) is 9.59 Å². The fourth-order valence-electron chi connectivity index (χ4n) is 2.03. The lowest BCUT2D eigenvalue weighted by atomic mass is 10.1. The van der Waals surface area contributed by atoms with Crippen molar-refractivity contribution < 1.29 is 23.8 Å². The first-order chi connectivity index (χ1) is 10.1. The van der Waals surface area contributed by atoms with E-state index in [1.165, 1.54) is 14.2 Å². The SMILES string of the molecule is COCC(OC(=O)c1ccc(C2CC2)nc1C)C(=O)OC. The summed E-state index contributed by atoms with van der Waals surface area (Å²) in [6.07, 6.45) is 1.22. The molecule has 1 saturated carbocycles.